The molecule has 0 saturated carbocycles. The summed E-state index contributed by atoms with van der Waals surface area (Å²) < 4.78 is 29.8. The Morgan fingerprint density at radius 1 is 1.05 bits per heavy atom. The van der Waals surface area contributed by atoms with Crippen LogP contribution >= 0.6 is 0 Å². The molecule has 10 nitrogen and oxygen atoms in total. The number of aromatic nitrogens is 2. The predicted molar refractivity (Wildman–Crippen MR) is 155 cm³/mol. The van der Waals surface area contributed by atoms with Gasteiger partial charge in [-0.15, -0.1) is 0 Å². The largest absolute Gasteiger partial charge is 0.394 e. The Kier molecular flexibility index (Phi) is 6.79. The van der Waals surface area contributed by atoms with E-state index in [0.29, 0.717) is 5.56 Å². The minimum Gasteiger partial charge on any atom is -0.394 e. The molecule has 1 aromatic heterocycles. The summed E-state index contributed by atoms with van der Waals surface area (Å²) in [4.78, 5) is 58.5. The number of benzene rings is 2. The molecule has 6 rings (SSSR count). The molecular formula is C31H28F2N6O4. The third-order valence-electron chi connectivity index (χ3n) is 8.41. The molecule has 1 aliphatic carbocycles. The summed E-state index contributed by atoms with van der Waals surface area (Å²) in [6.45, 7) is 3.31. The number of nitrogens with two attached hydrogens (primary N) is 1. The van der Waals surface area contributed by atoms with E-state index in [1.165, 1.54) is 41.0 Å². The van der Waals surface area contributed by atoms with Crippen molar-refractivity contribution >= 4 is 23.2 Å². The first-order chi connectivity index (χ1) is 20.4. The second-order valence-corrected chi connectivity index (χ2v) is 11.1. The van der Waals surface area contributed by atoms with Crippen LogP contribution in [0.25, 0.3) is 0 Å². The second-order valence-electron chi connectivity index (χ2n) is 11.1. The highest BCUT2D eigenvalue weighted by molar-refractivity contribution is 5.97. The zero-order valence-electron chi connectivity index (χ0n) is 23.5. The highest BCUT2D eigenvalue weighted by atomic mass is 19.3. The summed E-state index contributed by atoms with van der Waals surface area (Å²) in [5.74, 6) is -4.28. The minimum absolute atomic E-state index is 0.0108. The lowest BCUT2D eigenvalue weighted by atomic mass is 9.93. The number of amides is 2. The lowest BCUT2D eigenvalue weighted by Crippen LogP contribution is -2.48. The van der Waals surface area contributed by atoms with E-state index in [1.54, 1.807) is 0 Å². The summed E-state index contributed by atoms with van der Waals surface area (Å²) >= 11 is 0. The van der Waals surface area contributed by atoms with E-state index in [0.717, 1.165) is 29.6 Å². The van der Waals surface area contributed by atoms with Crippen molar-refractivity contribution < 1.29 is 18.4 Å². The van der Waals surface area contributed by atoms with Gasteiger partial charge in [-0.05, 0) is 60.1 Å². The number of halogens is 2. The number of alkyl halides is 2. The first-order valence-corrected chi connectivity index (χ1v) is 13.8. The molecule has 1 aliphatic heterocycles. The third-order valence-corrected chi connectivity index (χ3v) is 8.41. The minimum atomic E-state index is -3.28. The normalized spacial score (nSPS) is 16.9. The number of carbonyl (C=O) groups excluding carboxylic acids is 2. The maximum atomic E-state index is 14.9. The van der Waals surface area contributed by atoms with Crippen LogP contribution in [-0.2, 0) is 25.4 Å². The average molecular weight is 587 g/mol. The average Bonchev–Trinajstić information content (AvgIpc) is 3.40. The van der Waals surface area contributed by atoms with Crippen molar-refractivity contribution in [2.45, 2.75) is 51.7 Å². The molecule has 2 amide bonds. The molecule has 43 heavy (non-hydrogen) atoms. The Balaban J connectivity index is 1.13. The Hall–Kier alpha value is -5.00. The number of fused-ring (bicyclic) bond motifs is 2. The van der Waals surface area contributed by atoms with Crippen LogP contribution in [0.5, 0.6) is 0 Å². The number of aryl methyl sites for hydroxylation is 1. The second kappa shape index (κ2) is 10.4. The van der Waals surface area contributed by atoms with Gasteiger partial charge in [0.05, 0.1) is 12.6 Å². The van der Waals surface area contributed by atoms with Crippen molar-refractivity contribution in [1.82, 2.24) is 20.6 Å². The fraction of sp³-hybridized carbons (Fsp3) is 0.290. The maximum absolute atomic E-state index is 14.9. The van der Waals surface area contributed by atoms with Crippen molar-refractivity contribution in [2.24, 2.45) is 0 Å². The Bertz CT molecular complexity index is 1880. The van der Waals surface area contributed by atoms with Gasteiger partial charge in [0.1, 0.15) is 29.1 Å². The Morgan fingerprint density at radius 3 is 2.53 bits per heavy atom. The summed E-state index contributed by atoms with van der Waals surface area (Å²) in [7, 11) is 0. The molecule has 3 aromatic carbocycles. The standard InChI is InChI=1S/C31H28F2N6O4/c1-15-3-5-20-19(16(15)2)6-8-22(20)38-30(43)24-10-23(36-14-37-24)29(42)35-11-17-4-7-21-18(9-17)12-39(13-31(21,32)33)26-25(34)27(40)28(26)41/h3-5,7,9-10,14,22H,6,8,11-13,34H2,1-2H3,(H,35,42)(H,38,43)/t22-/m0/s1. The van der Waals surface area contributed by atoms with Gasteiger partial charge in [0.2, 0.25) is 0 Å². The molecule has 4 aromatic rings. The van der Waals surface area contributed by atoms with E-state index >= 15 is 0 Å². The SMILES string of the molecule is Cc1ccc2c(c1C)CC[C@@H]2NC(=O)c1cc(C(=O)NCc2ccc3c(c2)CN(c2c(N)c(=O)c2=O)CC3(F)F)ncn1. The van der Waals surface area contributed by atoms with E-state index in [4.69, 9.17) is 5.73 Å². The third kappa shape index (κ3) is 4.92. The first-order valence-electron chi connectivity index (χ1n) is 13.8. The molecule has 0 radical (unpaired) electrons. The van der Waals surface area contributed by atoms with E-state index < -0.39 is 35.1 Å². The lowest BCUT2D eigenvalue weighted by molar-refractivity contribution is -0.00253. The molecule has 0 unspecified atom stereocenters. The molecule has 12 heteroatoms. The van der Waals surface area contributed by atoms with Crippen LogP contribution in [0.3, 0.4) is 0 Å². The van der Waals surface area contributed by atoms with Crippen LogP contribution in [0.15, 0.2) is 52.3 Å². The summed E-state index contributed by atoms with van der Waals surface area (Å²) in [5.41, 5.74) is 8.71. The molecule has 0 bridgehead atoms. The van der Waals surface area contributed by atoms with E-state index in [9.17, 15) is 28.0 Å². The molecule has 0 fully saturated rings. The van der Waals surface area contributed by atoms with Crippen molar-refractivity contribution in [3.8, 4) is 0 Å². The first kappa shape index (κ1) is 28.1. The number of nitrogens with one attached hydrogen (secondary N) is 2. The molecule has 220 valence electrons. The van der Waals surface area contributed by atoms with Gasteiger partial charge in [-0.3, -0.25) is 19.2 Å². The summed E-state index contributed by atoms with van der Waals surface area (Å²) in [6.07, 6.45) is 2.78. The number of nitrogens with zero attached hydrogens (tertiary/aromatic N) is 3. The van der Waals surface area contributed by atoms with E-state index in [2.05, 4.69) is 34.4 Å². The Morgan fingerprint density at radius 2 is 1.79 bits per heavy atom. The zero-order valence-corrected chi connectivity index (χ0v) is 23.5. The molecule has 2 aliphatic rings. The number of nitrogen functional groups attached to an aromatic ring is 1. The number of hydrogen-bond acceptors (Lipinski definition) is 8. The molecule has 4 N–H and O–H groups in total. The quantitative estimate of drug-likeness (QED) is 0.292. The van der Waals surface area contributed by atoms with Crippen molar-refractivity contribution in [3.63, 3.8) is 0 Å². The number of carbonyl (C=O) groups is 2. The Labute approximate surface area is 244 Å². The fourth-order valence-corrected chi connectivity index (χ4v) is 5.96. The van der Waals surface area contributed by atoms with Gasteiger partial charge in [0, 0.05) is 24.7 Å². The van der Waals surface area contributed by atoms with Gasteiger partial charge in [-0.1, -0.05) is 30.3 Å². The van der Waals surface area contributed by atoms with Gasteiger partial charge in [0.15, 0.2) is 0 Å². The molecule has 0 spiro atoms. The van der Waals surface area contributed by atoms with E-state index in [-0.39, 0.29) is 53.0 Å². The van der Waals surface area contributed by atoms with E-state index in [1.807, 2.05) is 12.1 Å². The lowest BCUT2D eigenvalue weighted by Gasteiger charge is -2.36. The summed E-state index contributed by atoms with van der Waals surface area (Å²) in [5, 5.41) is 5.70. The molecule has 0 saturated heterocycles. The monoisotopic (exact) mass is 586 g/mol. The smallest absolute Gasteiger partial charge is 0.290 e. The number of anilines is 2. The predicted octanol–water partition coefficient (Wildman–Crippen LogP) is 2.73. The van der Waals surface area contributed by atoms with Crippen LogP contribution in [-0.4, -0.2) is 28.3 Å². The van der Waals surface area contributed by atoms with Crippen LogP contribution in [0.2, 0.25) is 0 Å². The highest BCUT2D eigenvalue weighted by Crippen LogP contribution is 2.39. The zero-order chi connectivity index (χ0) is 30.6. The van der Waals surface area contributed by atoms with Gasteiger partial charge in [0.25, 0.3) is 28.6 Å². The van der Waals surface area contributed by atoms with Crippen molar-refractivity contribution in [1.29, 1.82) is 0 Å². The molecular weight excluding hydrogens is 558 g/mol. The van der Waals surface area contributed by atoms with Crippen LogP contribution < -0.4 is 32.1 Å². The van der Waals surface area contributed by atoms with Crippen LogP contribution in [0, 0.1) is 13.8 Å². The van der Waals surface area contributed by atoms with Gasteiger partial charge >= 0.3 is 0 Å². The summed E-state index contributed by atoms with van der Waals surface area (Å²) in [6, 6.07) is 9.51. The van der Waals surface area contributed by atoms with Gasteiger partial charge < -0.3 is 21.3 Å². The van der Waals surface area contributed by atoms with Crippen molar-refractivity contribution in [2.75, 3.05) is 17.2 Å². The fourth-order valence-electron chi connectivity index (χ4n) is 5.96. The van der Waals surface area contributed by atoms with Crippen LogP contribution in [0.1, 0.15) is 72.4 Å². The number of hydrogen-bond donors (Lipinski definition) is 3. The molecule has 2 heterocycles. The topological polar surface area (TPSA) is 147 Å². The number of rotatable bonds is 6. The van der Waals surface area contributed by atoms with Gasteiger partial charge in [-0.2, -0.15) is 8.78 Å². The van der Waals surface area contributed by atoms with Gasteiger partial charge in [-0.25, -0.2) is 9.97 Å². The van der Waals surface area contributed by atoms with Crippen LogP contribution in [0.4, 0.5) is 20.2 Å². The molecule has 1 atom stereocenters. The maximum Gasteiger partial charge on any atom is 0.290 e. The highest BCUT2D eigenvalue weighted by Gasteiger charge is 2.42. The van der Waals surface area contributed by atoms with Crippen molar-refractivity contribution in [3.05, 3.63) is 114 Å².